The van der Waals surface area contributed by atoms with Gasteiger partial charge in [-0.3, -0.25) is 0 Å². The van der Waals surface area contributed by atoms with E-state index in [9.17, 15) is 15.3 Å². The molecule has 3 N–H and O–H groups in total. The Kier molecular flexibility index (Phi) is 4.08. The van der Waals surface area contributed by atoms with Gasteiger partial charge in [-0.2, -0.15) is 0 Å². The normalized spacial score (nSPS) is 60.2. The van der Waals surface area contributed by atoms with Gasteiger partial charge in [0, 0.05) is 7.11 Å². The quantitative estimate of drug-likeness (QED) is 0.686. The second kappa shape index (κ2) is 5.67. The summed E-state index contributed by atoms with van der Waals surface area (Å²) < 4.78 is 5.62. The number of hydrogen-bond donors (Lipinski definition) is 3. The first-order valence-electron chi connectivity index (χ1n) is 9.88. The van der Waals surface area contributed by atoms with E-state index in [1.54, 1.807) is 0 Å². The average Bonchev–Trinajstić information content (AvgIpc) is 2.79. The van der Waals surface area contributed by atoms with Crippen LogP contribution < -0.4 is 0 Å². The molecule has 4 fully saturated rings. The molecule has 0 spiro atoms. The molecule has 0 heterocycles. The summed E-state index contributed by atoms with van der Waals surface area (Å²) in [5, 5.41) is 31.9. The van der Waals surface area contributed by atoms with Crippen molar-refractivity contribution in [2.45, 2.75) is 83.2 Å². The summed E-state index contributed by atoms with van der Waals surface area (Å²) in [4.78, 5) is 0. The lowest BCUT2D eigenvalue weighted by Crippen LogP contribution is -2.59. The highest BCUT2D eigenvalue weighted by Crippen LogP contribution is 2.66. The van der Waals surface area contributed by atoms with Crippen LogP contribution >= 0.6 is 0 Å². The molecule has 3 unspecified atom stereocenters. The number of aliphatic hydroxyl groups excluding tert-OH is 3. The van der Waals surface area contributed by atoms with E-state index >= 15 is 0 Å². The lowest BCUT2D eigenvalue weighted by molar-refractivity contribution is -0.179. The van der Waals surface area contributed by atoms with Gasteiger partial charge in [0.15, 0.2) is 0 Å². The smallest absolute Gasteiger partial charge is 0.0855 e. The third-order valence-electron chi connectivity index (χ3n) is 8.94. The molecule has 4 rings (SSSR count). The van der Waals surface area contributed by atoms with Gasteiger partial charge in [-0.15, -0.1) is 0 Å². The largest absolute Gasteiger partial charge is 0.393 e. The van der Waals surface area contributed by atoms with Crippen molar-refractivity contribution in [3.63, 3.8) is 0 Å². The first-order chi connectivity index (χ1) is 11.3. The summed E-state index contributed by atoms with van der Waals surface area (Å²) in [5.74, 6) is 1.53. The Balaban J connectivity index is 1.65. The fourth-order valence-electron chi connectivity index (χ4n) is 7.39. The van der Waals surface area contributed by atoms with Crippen molar-refractivity contribution in [2.24, 2.45) is 34.5 Å². The van der Waals surface area contributed by atoms with Gasteiger partial charge in [0.05, 0.1) is 24.4 Å². The molecule has 4 saturated carbocycles. The van der Waals surface area contributed by atoms with Crippen molar-refractivity contribution in [3.05, 3.63) is 0 Å². The van der Waals surface area contributed by atoms with Crippen LogP contribution in [0.3, 0.4) is 0 Å². The van der Waals surface area contributed by atoms with Crippen molar-refractivity contribution in [2.75, 3.05) is 7.11 Å². The summed E-state index contributed by atoms with van der Waals surface area (Å²) in [7, 11) is 1.81. The molecular weight excluding hydrogens is 304 g/mol. The van der Waals surface area contributed by atoms with Crippen LogP contribution in [0.25, 0.3) is 0 Å². The third-order valence-corrected chi connectivity index (χ3v) is 8.94. The topological polar surface area (TPSA) is 69.9 Å². The molecule has 24 heavy (non-hydrogen) atoms. The van der Waals surface area contributed by atoms with Gasteiger partial charge in [0.2, 0.25) is 0 Å². The predicted octanol–water partition coefficient (Wildman–Crippen LogP) is 2.35. The van der Waals surface area contributed by atoms with Gasteiger partial charge >= 0.3 is 0 Å². The Bertz CT molecular complexity index is 496. The molecule has 0 saturated heterocycles. The Morgan fingerprint density at radius 3 is 2.25 bits per heavy atom. The molecule has 10 atom stereocenters. The monoisotopic (exact) mass is 338 g/mol. The van der Waals surface area contributed by atoms with E-state index in [1.165, 1.54) is 6.42 Å². The molecule has 0 bridgehead atoms. The van der Waals surface area contributed by atoms with Crippen molar-refractivity contribution >= 4 is 0 Å². The summed E-state index contributed by atoms with van der Waals surface area (Å²) >= 11 is 0. The zero-order chi connectivity index (χ0) is 17.3. The van der Waals surface area contributed by atoms with Crippen molar-refractivity contribution < 1.29 is 20.1 Å². The molecular formula is C20H34O4. The molecule has 4 nitrogen and oxygen atoms in total. The van der Waals surface area contributed by atoms with Gasteiger partial charge < -0.3 is 20.1 Å². The summed E-state index contributed by atoms with van der Waals surface area (Å²) in [6.45, 7) is 4.58. The van der Waals surface area contributed by atoms with Gasteiger partial charge in [0.1, 0.15) is 0 Å². The zero-order valence-electron chi connectivity index (χ0n) is 15.3. The highest BCUT2D eigenvalue weighted by molar-refractivity contribution is 5.13. The molecule has 0 amide bonds. The first kappa shape index (κ1) is 17.3. The standard InChI is InChI=1S/C20H34O4/c1-19-6-4-12(24-3)8-11(19)9-15(21)17-13(19)5-7-20(2)14(17)10-16(22)18(20)23/h11-18,21-23H,4-10H2,1-3H3/t11-,12-,13?,14?,15-,16-,17?,18-,19-,20-/m0/s1. The molecule has 138 valence electrons. The minimum absolute atomic E-state index is 0.228. The maximum absolute atomic E-state index is 11.0. The van der Waals surface area contributed by atoms with Gasteiger partial charge in [0.25, 0.3) is 0 Å². The number of rotatable bonds is 1. The Hall–Kier alpha value is -0.160. The van der Waals surface area contributed by atoms with Crippen LogP contribution in [0.2, 0.25) is 0 Å². The van der Waals surface area contributed by atoms with E-state index in [4.69, 9.17) is 4.74 Å². The highest BCUT2D eigenvalue weighted by atomic mass is 16.5. The number of ether oxygens (including phenoxy) is 1. The number of methoxy groups -OCH3 is 1. The maximum Gasteiger partial charge on any atom is 0.0855 e. The van der Waals surface area contributed by atoms with Crippen LogP contribution in [-0.2, 0) is 4.74 Å². The second-order valence-electron chi connectivity index (χ2n) is 9.72. The Labute approximate surface area is 145 Å². The molecule has 0 radical (unpaired) electrons. The van der Waals surface area contributed by atoms with E-state index < -0.39 is 12.2 Å². The van der Waals surface area contributed by atoms with Gasteiger partial charge in [-0.1, -0.05) is 13.8 Å². The summed E-state index contributed by atoms with van der Waals surface area (Å²) in [5.41, 5.74) is 0.0489. The minimum atomic E-state index is -0.634. The van der Waals surface area contributed by atoms with Crippen LogP contribution in [0.1, 0.15) is 58.8 Å². The Morgan fingerprint density at radius 2 is 1.54 bits per heavy atom. The Morgan fingerprint density at radius 1 is 0.833 bits per heavy atom. The fraction of sp³-hybridized carbons (Fsp3) is 1.00. The molecule has 0 aromatic carbocycles. The average molecular weight is 338 g/mol. The number of hydrogen-bond acceptors (Lipinski definition) is 4. The first-order valence-corrected chi connectivity index (χ1v) is 9.88. The minimum Gasteiger partial charge on any atom is -0.393 e. The molecule has 0 aliphatic heterocycles. The number of aliphatic hydroxyl groups is 3. The lowest BCUT2D eigenvalue weighted by atomic mass is 9.44. The van der Waals surface area contributed by atoms with Crippen LogP contribution in [0.5, 0.6) is 0 Å². The van der Waals surface area contributed by atoms with Gasteiger partial charge in [-0.25, -0.2) is 0 Å². The fourth-order valence-corrected chi connectivity index (χ4v) is 7.39. The molecule has 0 aromatic heterocycles. The molecule has 4 aliphatic rings. The second-order valence-corrected chi connectivity index (χ2v) is 9.72. The van der Waals surface area contributed by atoms with E-state index in [2.05, 4.69) is 13.8 Å². The lowest BCUT2D eigenvalue weighted by Gasteiger charge is -2.62. The molecule has 0 aromatic rings. The van der Waals surface area contributed by atoms with Crippen LogP contribution in [0.15, 0.2) is 0 Å². The van der Waals surface area contributed by atoms with E-state index in [1.807, 2.05) is 7.11 Å². The van der Waals surface area contributed by atoms with Gasteiger partial charge in [-0.05, 0) is 79.4 Å². The maximum atomic E-state index is 11.0. The van der Waals surface area contributed by atoms with Crippen LogP contribution in [0.4, 0.5) is 0 Å². The summed E-state index contributed by atoms with van der Waals surface area (Å²) in [6, 6.07) is 0. The van der Waals surface area contributed by atoms with Crippen LogP contribution in [0, 0.1) is 34.5 Å². The van der Waals surface area contributed by atoms with Crippen molar-refractivity contribution in [1.82, 2.24) is 0 Å². The SMILES string of the molecule is CO[C@H]1CC[C@]2(C)C3CC[C@@]4(C)C(C[C@H](O)[C@@H]4O)C3[C@@H](O)C[C@@H]2C1. The highest BCUT2D eigenvalue weighted by Gasteiger charge is 2.64. The van der Waals surface area contributed by atoms with E-state index in [0.29, 0.717) is 24.4 Å². The van der Waals surface area contributed by atoms with Crippen molar-refractivity contribution in [3.8, 4) is 0 Å². The zero-order valence-corrected chi connectivity index (χ0v) is 15.3. The third kappa shape index (κ3) is 2.19. The van der Waals surface area contributed by atoms with Crippen LogP contribution in [-0.4, -0.2) is 46.8 Å². The molecule has 4 heteroatoms. The number of fused-ring (bicyclic) bond motifs is 5. The molecule has 4 aliphatic carbocycles. The predicted molar refractivity (Wildman–Crippen MR) is 91.3 cm³/mol. The summed E-state index contributed by atoms with van der Waals surface area (Å²) in [6.07, 6.45) is 5.71. The van der Waals surface area contributed by atoms with E-state index in [0.717, 1.165) is 32.1 Å². The van der Waals surface area contributed by atoms with Crippen molar-refractivity contribution in [1.29, 1.82) is 0 Å². The van der Waals surface area contributed by atoms with E-state index in [-0.39, 0.29) is 28.8 Å².